The maximum absolute atomic E-state index is 13.4. The van der Waals surface area contributed by atoms with E-state index >= 15 is 0 Å². The van der Waals surface area contributed by atoms with E-state index in [1.54, 1.807) is 12.1 Å². The molecule has 1 aliphatic rings. The summed E-state index contributed by atoms with van der Waals surface area (Å²) in [5, 5.41) is 0. The fraction of sp³-hybridized carbons (Fsp3) is 0.600. The maximum atomic E-state index is 13.4. The molecule has 2 unspecified atom stereocenters. The van der Waals surface area contributed by atoms with E-state index in [9.17, 15) is 4.39 Å². The van der Waals surface area contributed by atoms with Crippen molar-refractivity contribution in [1.29, 1.82) is 0 Å². The topological polar surface area (TPSA) is 29.3 Å². The highest BCUT2D eigenvalue weighted by Crippen LogP contribution is 2.33. The van der Waals surface area contributed by atoms with Crippen LogP contribution in [0.2, 0.25) is 0 Å². The summed E-state index contributed by atoms with van der Waals surface area (Å²) < 4.78 is 13.4. The molecule has 1 aromatic carbocycles. The lowest BCUT2D eigenvalue weighted by Gasteiger charge is -2.34. The lowest BCUT2D eigenvalue weighted by atomic mass is 9.98. The normalized spacial score (nSPS) is 18.9. The quantitative estimate of drug-likeness (QED) is 0.841. The highest BCUT2D eigenvalue weighted by molar-refractivity contribution is 5.21. The number of hydrogen-bond acceptors (Lipinski definition) is 2. The van der Waals surface area contributed by atoms with Crippen LogP contribution < -0.4 is 5.73 Å². The Balaban J connectivity index is 2.19. The molecule has 0 aromatic heterocycles. The molecule has 0 aliphatic heterocycles. The van der Waals surface area contributed by atoms with Gasteiger partial charge in [0.1, 0.15) is 5.82 Å². The Hall–Kier alpha value is -0.930. The third-order valence-electron chi connectivity index (χ3n) is 3.68. The van der Waals surface area contributed by atoms with Crippen molar-refractivity contribution in [2.24, 2.45) is 11.7 Å². The van der Waals surface area contributed by atoms with Crippen molar-refractivity contribution >= 4 is 0 Å². The van der Waals surface area contributed by atoms with Crippen molar-refractivity contribution < 1.29 is 4.39 Å². The summed E-state index contributed by atoms with van der Waals surface area (Å²) in [6, 6.07) is 6.97. The van der Waals surface area contributed by atoms with Crippen LogP contribution in [0, 0.1) is 11.7 Å². The molecule has 2 atom stereocenters. The van der Waals surface area contributed by atoms with Gasteiger partial charge in [-0.15, -0.1) is 0 Å². The van der Waals surface area contributed by atoms with Gasteiger partial charge < -0.3 is 5.73 Å². The summed E-state index contributed by atoms with van der Waals surface area (Å²) in [5.41, 5.74) is 7.12. The van der Waals surface area contributed by atoms with Gasteiger partial charge in [0.05, 0.1) is 0 Å². The van der Waals surface area contributed by atoms with Gasteiger partial charge in [-0.2, -0.15) is 0 Å². The molecule has 0 saturated heterocycles. The number of nitrogens with two attached hydrogens (primary N) is 1. The summed E-state index contributed by atoms with van der Waals surface area (Å²) in [6.07, 6.45) is 2.65. The van der Waals surface area contributed by atoms with Crippen molar-refractivity contribution in [3.63, 3.8) is 0 Å². The smallest absolute Gasteiger partial charge is 0.123 e. The van der Waals surface area contributed by atoms with Gasteiger partial charge in [0.2, 0.25) is 0 Å². The monoisotopic (exact) mass is 250 g/mol. The Bertz CT molecular complexity index is 388. The van der Waals surface area contributed by atoms with Crippen LogP contribution in [0.3, 0.4) is 0 Å². The average molecular weight is 250 g/mol. The average Bonchev–Trinajstić information content (AvgIpc) is 3.11. The van der Waals surface area contributed by atoms with Gasteiger partial charge in [0.25, 0.3) is 0 Å². The molecular formula is C15H23FN2. The summed E-state index contributed by atoms with van der Waals surface area (Å²) >= 11 is 0. The molecule has 1 saturated carbocycles. The molecule has 18 heavy (non-hydrogen) atoms. The van der Waals surface area contributed by atoms with E-state index in [1.807, 2.05) is 13.0 Å². The molecule has 0 spiro atoms. The Kier molecular flexibility index (Phi) is 4.36. The number of halogens is 1. The predicted molar refractivity (Wildman–Crippen MR) is 72.8 cm³/mol. The minimum absolute atomic E-state index is 0.00509. The molecular weight excluding hydrogens is 227 g/mol. The number of benzene rings is 1. The second-order valence-electron chi connectivity index (χ2n) is 5.39. The first-order valence-electron chi connectivity index (χ1n) is 6.87. The number of rotatable bonds is 6. The first kappa shape index (κ1) is 13.5. The fourth-order valence-electron chi connectivity index (χ4n) is 2.61. The van der Waals surface area contributed by atoms with E-state index < -0.39 is 0 Å². The molecule has 3 heteroatoms. The zero-order valence-corrected chi connectivity index (χ0v) is 11.3. The van der Waals surface area contributed by atoms with Gasteiger partial charge in [-0.25, -0.2) is 4.39 Å². The first-order valence-corrected chi connectivity index (χ1v) is 6.87. The van der Waals surface area contributed by atoms with Crippen molar-refractivity contribution in [3.8, 4) is 0 Å². The van der Waals surface area contributed by atoms with Crippen LogP contribution in [0.1, 0.15) is 38.3 Å². The minimum atomic E-state index is -0.180. The number of nitrogens with zero attached hydrogens (tertiary/aromatic N) is 1. The third kappa shape index (κ3) is 3.30. The van der Waals surface area contributed by atoms with Crippen LogP contribution in [-0.2, 0) is 0 Å². The van der Waals surface area contributed by atoms with E-state index in [2.05, 4.69) is 11.8 Å². The summed E-state index contributed by atoms with van der Waals surface area (Å²) in [4.78, 5) is 2.39. The lowest BCUT2D eigenvalue weighted by Crippen LogP contribution is -2.40. The van der Waals surface area contributed by atoms with Crippen molar-refractivity contribution in [3.05, 3.63) is 35.6 Å². The van der Waals surface area contributed by atoms with Crippen LogP contribution >= 0.6 is 0 Å². The van der Waals surface area contributed by atoms with Gasteiger partial charge in [0, 0.05) is 18.6 Å². The zero-order chi connectivity index (χ0) is 13.1. The van der Waals surface area contributed by atoms with Crippen LogP contribution in [0.15, 0.2) is 24.3 Å². The minimum Gasteiger partial charge on any atom is -0.326 e. The van der Waals surface area contributed by atoms with Gasteiger partial charge >= 0.3 is 0 Å². The fourth-order valence-corrected chi connectivity index (χ4v) is 2.61. The second kappa shape index (κ2) is 5.81. The van der Waals surface area contributed by atoms with E-state index in [-0.39, 0.29) is 17.9 Å². The van der Waals surface area contributed by atoms with Crippen LogP contribution in [-0.4, -0.2) is 24.0 Å². The van der Waals surface area contributed by atoms with Gasteiger partial charge in [-0.05, 0) is 49.9 Å². The summed E-state index contributed by atoms with van der Waals surface area (Å²) in [6.45, 7) is 6.20. The van der Waals surface area contributed by atoms with E-state index in [0.717, 1.165) is 24.6 Å². The van der Waals surface area contributed by atoms with Crippen molar-refractivity contribution in [1.82, 2.24) is 4.90 Å². The molecule has 0 bridgehead atoms. The standard InChI is InChI=1S/C15H23FN2/c1-3-18(10-12-7-8-12)15(11(2)17)13-5-4-6-14(16)9-13/h4-6,9,11-12,15H,3,7-8,10,17H2,1-2H3. The van der Waals surface area contributed by atoms with Crippen LogP contribution in [0.25, 0.3) is 0 Å². The highest BCUT2D eigenvalue weighted by atomic mass is 19.1. The zero-order valence-electron chi connectivity index (χ0n) is 11.3. The molecule has 1 aliphatic carbocycles. The Labute approximate surface area is 109 Å². The van der Waals surface area contributed by atoms with Crippen molar-refractivity contribution in [2.75, 3.05) is 13.1 Å². The molecule has 100 valence electrons. The molecule has 0 heterocycles. The second-order valence-corrected chi connectivity index (χ2v) is 5.39. The van der Waals surface area contributed by atoms with Crippen LogP contribution in [0.5, 0.6) is 0 Å². The Morgan fingerprint density at radius 3 is 2.67 bits per heavy atom. The largest absolute Gasteiger partial charge is 0.326 e. The number of hydrogen-bond donors (Lipinski definition) is 1. The molecule has 1 aromatic rings. The molecule has 1 fully saturated rings. The van der Waals surface area contributed by atoms with E-state index in [4.69, 9.17) is 5.73 Å². The predicted octanol–water partition coefficient (Wildman–Crippen LogP) is 2.95. The molecule has 2 rings (SSSR count). The first-order chi connectivity index (χ1) is 8.61. The van der Waals surface area contributed by atoms with Gasteiger partial charge in [-0.1, -0.05) is 19.1 Å². The van der Waals surface area contributed by atoms with E-state index in [0.29, 0.717) is 0 Å². The highest BCUT2D eigenvalue weighted by Gasteiger charge is 2.29. The third-order valence-corrected chi connectivity index (χ3v) is 3.68. The maximum Gasteiger partial charge on any atom is 0.123 e. The molecule has 0 amide bonds. The Morgan fingerprint density at radius 2 is 2.17 bits per heavy atom. The van der Waals surface area contributed by atoms with Gasteiger partial charge in [0.15, 0.2) is 0 Å². The lowest BCUT2D eigenvalue weighted by molar-refractivity contribution is 0.177. The molecule has 0 radical (unpaired) electrons. The SMILES string of the molecule is CCN(CC1CC1)C(c1cccc(F)c1)C(C)N. The van der Waals surface area contributed by atoms with Gasteiger partial charge in [-0.3, -0.25) is 4.90 Å². The van der Waals surface area contributed by atoms with Crippen LogP contribution in [0.4, 0.5) is 4.39 Å². The summed E-state index contributed by atoms with van der Waals surface area (Å²) in [7, 11) is 0. The van der Waals surface area contributed by atoms with Crippen molar-refractivity contribution in [2.45, 2.75) is 38.8 Å². The van der Waals surface area contributed by atoms with E-state index in [1.165, 1.54) is 18.9 Å². The molecule has 2 nitrogen and oxygen atoms in total. The number of likely N-dealkylation sites (N-methyl/N-ethyl adjacent to an activating group) is 1. The summed E-state index contributed by atoms with van der Waals surface area (Å²) in [5.74, 6) is 0.639. The molecule has 2 N–H and O–H groups in total. The Morgan fingerprint density at radius 1 is 1.44 bits per heavy atom.